The fourth-order valence-corrected chi connectivity index (χ4v) is 4.82. The maximum Gasteiger partial charge on any atom is 0.348 e. The van der Waals surface area contributed by atoms with E-state index in [1.807, 2.05) is 0 Å². The molecule has 1 aromatic heterocycles. The van der Waals surface area contributed by atoms with Gasteiger partial charge in [-0.25, -0.2) is 31.7 Å². The van der Waals surface area contributed by atoms with Crippen molar-refractivity contribution in [3.63, 3.8) is 0 Å². The maximum absolute atomic E-state index is 14.7. The summed E-state index contributed by atoms with van der Waals surface area (Å²) >= 11 is 0. The molecule has 47 heavy (non-hydrogen) atoms. The molecule has 11 nitrogen and oxygen atoms in total. The van der Waals surface area contributed by atoms with Crippen molar-refractivity contribution >= 4 is 23.8 Å². The lowest BCUT2D eigenvalue weighted by Gasteiger charge is -2.33. The predicted molar refractivity (Wildman–Crippen MR) is 150 cm³/mol. The minimum atomic E-state index is -2.44. The van der Waals surface area contributed by atoms with Gasteiger partial charge in [0.25, 0.3) is 5.91 Å². The summed E-state index contributed by atoms with van der Waals surface area (Å²) in [7, 11) is 0. The first-order valence-corrected chi connectivity index (χ1v) is 14.1. The monoisotopic (exact) mass is 665 g/mol. The first-order valence-electron chi connectivity index (χ1n) is 14.1. The Morgan fingerprint density at radius 3 is 2.11 bits per heavy atom. The van der Waals surface area contributed by atoms with Crippen LogP contribution in [0.2, 0.25) is 0 Å². The van der Waals surface area contributed by atoms with E-state index >= 15 is 0 Å². The summed E-state index contributed by atoms with van der Waals surface area (Å²) in [6, 6.07) is 6.78. The van der Waals surface area contributed by atoms with Gasteiger partial charge in [-0.3, -0.25) is 14.4 Å². The zero-order valence-electron chi connectivity index (χ0n) is 24.7. The highest BCUT2D eigenvalue weighted by atomic mass is 19.2. The minimum absolute atomic E-state index is 0.236. The molecule has 0 aliphatic carbocycles. The second kappa shape index (κ2) is 14.5. The molecule has 1 aliphatic rings. The van der Waals surface area contributed by atoms with E-state index < -0.39 is 113 Å². The Morgan fingerprint density at radius 2 is 1.49 bits per heavy atom. The van der Waals surface area contributed by atoms with E-state index in [1.54, 1.807) is 30.3 Å². The number of halogens is 5. The van der Waals surface area contributed by atoms with E-state index in [9.17, 15) is 51.3 Å². The molecule has 6 unspecified atom stereocenters. The molecule has 250 valence electrons. The van der Waals surface area contributed by atoms with Crippen LogP contribution < -0.4 is 10.6 Å². The van der Waals surface area contributed by atoms with Crippen LogP contribution in [0.25, 0.3) is 0 Å². The van der Waals surface area contributed by atoms with Crippen LogP contribution >= 0.6 is 0 Å². The Balaban J connectivity index is 1.77. The predicted octanol–water partition coefficient (Wildman–Crippen LogP) is 2.41. The van der Waals surface area contributed by atoms with Crippen LogP contribution in [0.15, 0.2) is 48.7 Å². The zero-order chi connectivity index (χ0) is 34.6. The summed E-state index contributed by atoms with van der Waals surface area (Å²) in [6.07, 6.45) is -5.67. The quantitative estimate of drug-likeness (QED) is 0.134. The molecule has 2 heterocycles. The summed E-state index contributed by atoms with van der Waals surface area (Å²) in [6.45, 7) is 2.24. The Kier molecular flexibility index (Phi) is 10.7. The van der Waals surface area contributed by atoms with Crippen molar-refractivity contribution in [1.29, 1.82) is 0 Å². The van der Waals surface area contributed by atoms with Gasteiger partial charge in [-0.05, 0) is 31.5 Å². The Morgan fingerprint density at radius 1 is 0.872 bits per heavy atom. The lowest BCUT2D eigenvalue weighted by Crippen LogP contribution is -2.59. The second-order valence-electron chi connectivity index (χ2n) is 10.7. The standard InChI is InChI=1S/C31H28F5N3O8/c1-13-27(41)17(12-16-20(32)22(34)24(36)23(35)21(16)33)38-28(42)25(39-29(43)26-18(40)9-6-10-37-26)14(2)46-31(45)19(47-30(13)44)11-15-7-4-3-5-8-15/h3-10,13-14,17,19,25,27,40-41H,11-12H2,1-2H3,(H,38,42)(H,39,43). The van der Waals surface area contributed by atoms with Gasteiger partial charge in [-0.2, -0.15) is 0 Å². The molecule has 1 fully saturated rings. The summed E-state index contributed by atoms with van der Waals surface area (Å²) < 4.78 is 81.9. The average molecular weight is 666 g/mol. The van der Waals surface area contributed by atoms with Crippen LogP contribution in [-0.4, -0.2) is 69.3 Å². The number of pyridine rings is 1. The molecule has 4 rings (SSSR count). The fourth-order valence-electron chi connectivity index (χ4n) is 4.82. The van der Waals surface area contributed by atoms with E-state index in [4.69, 9.17) is 9.47 Å². The third-order valence-corrected chi connectivity index (χ3v) is 7.48. The van der Waals surface area contributed by atoms with Gasteiger partial charge < -0.3 is 30.3 Å². The van der Waals surface area contributed by atoms with E-state index in [0.717, 1.165) is 26.1 Å². The van der Waals surface area contributed by atoms with Gasteiger partial charge in [-0.15, -0.1) is 0 Å². The number of aliphatic hydroxyl groups excluding tert-OH is 1. The van der Waals surface area contributed by atoms with Gasteiger partial charge >= 0.3 is 11.9 Å². The highest BCUT2D eigenvalue weighted by Crippen LogP contribution is 2.26. The largest absolute Gasteiger partial charge is 0.505 e. The van der Waals surface area contributed by atoms with E-state index in [-0.39, 0.29) is 6.42 Å². The first-order chi connectivity index (χ1) is 22.2. The van der Waals surface area contributed by atoms with Gasteiger partial charge in [0, 0.05) is 24.6 Å². The molecule has 16 heteroatoms. The number of aromatic nitrogens is 1. The molecule has 3 aromatic rings. The SMILES string of the molecule is CC1OC(=O)C(Cc2ccccc2)OC(=O)C(C)C(O)C(Cc2c(F)c(F)c(F)c(F)c2F)NC(=O)C1NC(=O)c1ncccc1O. The topological polar surface area (TPSA) is 164 Å². The number of aliphatic hydroxyl groups is 1. The van der Waals surface area contributed by atoms with Crippen LogP contribution in [0.3, 0.4) is 0 Å². The number of rotatable bonds is 6. The average Bonchev–Trinajstić information content (AvgIpc) is 3.05. The molecule has 2 aromatic carbocycles. The van der Waals surface area contributed by atoms with Gasteiger partial charge in [0.2, 0.25) is 17.8 Å². The lowest BCUT2D eigenvalue weighted by atomic mass is 9.91. The summed E-state index contributed by atoms with van der Waals surface area (Å²) in [5.41, 5.74) is -1.46. The van der Waals surface area contributed by atoms with Gasteiger partial charge in [-0.1, -0.05) is 30.3 Å². The second-order valence-corrected chi connectivity index (χ2v) is 10.7. The van der Waals surface area contributed by atoms with Crippen molar-refractivity contribution < 1.29 is 60.8 Å². The first kappa shape index (κ1) is 34.7. The van der Waals surface area contributed by atoms with Crippen molar-refractivity contribution in [1.82, 2.24) is 15.6 Å². The molecule has 1 aliphatic heterocycles. The number of hydrogen-bond acceptors (Lipinski definition) is 9. The molecule has 0 bridgehead atoms. The van der Waals surface area contributed by atoms with E-state index in [0.29, 0.717) is 5.56 Å². The number of carbonyl (C=O) groups is 4. The highest BCUT2D eigenvalue weighted by molar-refractivity contribution is 5.98. The van der Waals surface area contributed by atoms with Crippen LogP contribution in [0.1, 0.15) is 35.5 Å². The molecule has 4 N–H and O–H groups in total. The number of esters is 2. The summed E-state index contributed by atoms with van der Waals surface area (Å²) in [4.78, 5) is 56.8. The summed E-state index contributed by atoms with van der Waals surface area (Å²) in [5.74, 6) is -18.6. The van der Waals surface area contributed by atoms with Crippen molar-refractivity contribution in [3.8, 4) is 5.75 Å². The molecule has 0 radical (unpaired) electrons. The van der Waals surface area contributed by atoms with Crippen molar-refractivity contribution in [2.24, 2.45) is 5.92 Å². The molecule has 0 spiro atoms. The number of nitrogens with one attached hydrogen (secondary N) is 2. The van der Waals surface area contributed by atoms with Crippen LogP contribution in [0, 0.1) is 35.0 Å². The van der Waals surface area contributed by atoms with Crippen LogP contribution in [0.4, 0.5) is 22.0 Å². The molecular weight excluding hydrogens is 637 g/mol. The highest BCUT2D eigenvalue weighted by Gasteiger charge is 2.41. The van der Waals surface area contributed by atoms with E-state index in [1.165, 1.54) is 6.07 Å². The zero-order valence-corrected chi connectivity index (χ0v) is 24.7. The third-order valence-electron chi connectivity index (χ3n) is 7.48. The molecular formula is C31H28F5N3O8. The molecule has 1 saturated heterocycles. The summed E-state index contributed by atoms with van der Waals surface area (Å²) in [5, 5.41) is 25.6. The Labute approximate surface area is 263 Å². The lowest BCUT2D eigenvalue weighted by molar-refractivity contribution is -0.177. The van der Waals surface area contributed by atoms with E-state index in [2.05, 4.69) is 15.6 Å². The number of hydrogen-bond donors (Lipinski definition) is 4. The third kappa shape index (κ3) is 7.65. The number of aromatic hydroxyl groups is 1. The number of carbonyl (C=O) groups excluding carboxylic acids is 4. The van der Waals surface area contributed by atoms with Gasteiger partial charge in [0.05, 0.1) is 18.1 Å². The molecule has 0 saturated carbocycles. The van der Waals surface area contributed by atoms with Crippen molar-refractivity contribution in [2.75, 3.05) is 0 Å². The number of nitrogens with zero attached hydrogens (tertiary/aromatic N) is 1. The van der Waals surface area contributed by atoms with Crippen molar-refractivity contribution in [3.05, 3.63) is 94.6 Å². The number of amides is 2. The van der Waals surface area contributed by atoms with Crippen molar-refractivity contribution in [2.45, 2.75) is 57.1 Å². The smallest absolute Gasteiger partial charge is 0.348 e. The fraction of sp³-hybridized carbons (Fsp3) is 0.323. The number of cyclic esters (lactones) is 2. The molecule has 6 atom stereocenters. The van der Waals surface area contributed by atoms with Gasteiger partial charge in [0.15, 0.2) is 29.0 Å². The Hall–Kier alpha value is -5.12. The molecule has 2 amide bonds. The minimum Gasteiger partial charge on any atom is -0.505 e. The number of benzene rings is 2. The normalized spacial score (nSPS) is 23.9. The number of ether oxygens (including phenoxy) is 2. The maximum atomic E-state index is 14.7. The van der Waals surface area contributed by atoms with Crippen LogP contribution in [-0.2, 0) is 36.7 Å². The van der Waals surface area contributed by atoms with Crippen LogP contribution in [0.5, 0.6) is 5.75 Å². The van der Waals surface area contributed by atoms with Gasteiger partial charge in [0.1, 0.15) is 17.9 Å². The Bertz CT molecular complexity index is 1650.